The lowest BCUT2D eigenvalue weighted by atomic mass is 9.80. The second-order valence-corrected chi connectivity index (χ2v) is 6.55. The highest BCUT2D eigenvalue weighted by Crippen LogP contribution is 2.27. The molecule has 16 heavy (non-hydrogen) atoms. The van der Waals surface area contributed by atoms with E-state index in [-0.39, 0.29) is 11.5 Å². The molecule has 0 aromatic carbocycles. The van der Waals surface area contributed by atoms with Crippen LogP contribution in [0.15, 0.2) is 0 Å². The van der Waals surface area contributed by atoms with Crippen molar-refractivity contribution in [2.24, 2.45) is 17.1 Å². The van der Waals surface area contributed by atoms with Gasteiger partial charge in [-0.15, -0.1) is 0 Å². The SMILES string of the molecule is CCC(N)C(N(C)CCC(C)C)C(C)(C)C. The lowest BCUT2D eigenvalue weighted by molar-refractivity contribution is 0.0957. The highest BCUT2D eigenvalue weighted by atomic mass is 15.2. The standard InChI is InChI=1S/C14H32N2/c1-8-12(15)13(14(4,5)6)16(7)10-9-11(2)3/h11-13H,8-10,15H2,1-7H3. The van der Waals surface area contributed by atoms with Crippen molar-refractivity contribution in [3.05, 3.63) is 0 Å². The number of nitrogens with two attached hydrogens (primary N) is 1. The van der Waals surface area contributed by atoms with Crippen molar-refractivity contribution in [2.75, 3.05) is 13.6 Å². The third-order valence-electron chi connectivity index (χ3n) is 3.30. The maximum atomic E-state index is 6.27. The van der Waals surface area contributed by atoms with E-state index in [2.05, 4.69) is 53.5 Å². The summed E-state index contributed by atoms with van der Waals surface area (Å²) in [5.74, 6) is 0.765. The summed E-state index contributed by atoms with van der Waals surface area (Å²) in [6.45, 7) is 14.8. The third-order valence-corrected chi connectivity index (χ3v) is 3.30. The molecule has 0 radical (unpaired) electrons. The molecular formula is C14H32N2. The van der Waals surface area contributed by atoms with Gasteiger partial charge in [0.05, 0.1) is 0 Å². The van der Waals surface area contributed by atoms with Crippen LogP contribution in [-0.2, 0) is 0 Å². The molecule has 0 saturated carbocycles. The molecule has 0 aromatic heterocycles. The second-order valence-electron chi connectivity index (χ2n) is 6.55. The van der Waals surface area contributed by atoms with Crippen LogP contribution in [0.25, 0.3) is 0 Å². The fourth-order valence-corrected chi connectivity index (χ4v) is 2.45. The van der Waals surface area contributed by atoms with Crippen LogP contribution in [0.5, 0.6) is 0 Å². The smallest absolute Gasteiger partial charge is 0.0292 e. The largest absolute Gasteiger partial charge is 0.326 e. The Kier molecular flexibility index (Phi) is 6.57. The van der Waals surface area contributed by atoms with E-state index < -0.39 is 0 Å². The lowest BCUT2D eigenvalue weighted by Gasteiger charge is -2.42. The Bertz CT molecular complexity index is 182. The van der Waals surface area contributed by atoms with Crippen molar-refractivity contribution in [1.82, 2.24) is 4.90 Å². The van der Waals surface area contributed by atoms with Gasteiger partial charge in [0.2, 0.25) is 0 Å². The molecule has 0 aliphatic heterocycles. The van der Waals surface area contributed by atoms with Crippen LogP contribution in [0, 0.1) is 11.3 Å². The fraction of sp³-hybridized carbons (Fsp3) is 1.00. The predicted molar refractivity (Wildman–Crippen MR) is 73.6 cm³/mol. The molecule has 0 heterocycles. The molecule has 2 N–H and O–H groups in total. The predicted octanol–water partition coefficient (Wildman–Crippen LogP) is 3.12. The zero-order valence-corrected chi connectivity index (χ0v) is 12.4. The monoisotopic (exact) mass is 228 g/mol. The number of hydrogen-bond donors (Lipinski definition) is 1. The van der Waals surface area contributed by atoms with Gasteiger partial charge in [0.15, 0.2) is 0 Å². The van der Waals surface area contributed by atoms with Gasteiger partial charge in [-0.3, -0.25) is 0 Å². The van der Waals surface area contributed by atoms with Gasteiger partial charge in [0.1, 0.15) is 0 Å². The van der Waals surface area contributed by atoms with Crippen LogP contribution >= 0.6 is 0 Å². The molecule has 2 heteroatoms. The van der Waals surface area contributed by atoms with Gasteiger partial charge in [-0.05, 0) is 37.8 Å². The van der Waals surface area contributed by atoms with E-state index >= 15 is 0 Å². The highest BCUT2D eigenvalue weighted by Gasteiger charge is 2.32. The lowest BCUT2D eigenvalue weighted by Crippen LogP contribution is -2.53. The maximum absolute atomic E-state index is 6.27. The van der Waals surface area contributed by atoms with Crippen molar-refractivity contribution < 1.29 is 0 Å². The maximum Gasteiger partial charge on any atom is 0.0292 e. The van der Waals surface area contributed by atoms with Crippen molar-refractivity contribution in [3.63, 3.8) is 0 Å². The quantitative estimate of drug-likeness (QED) is 0.757. The molecule has 0 amide bonds. The molecule has 0 aliphatic rings. The molecule has 0 spiro atoms. The van der Waals surface area contributed by atoms with Crippen molar-refractivity contribution in [1.29, 1.82) is 0 Å². The van der Waals surface area contributed by atoms with Crippen molar-refractivity contribution in [3.8, 4) is 0 Å². The van der Waals surface area contributed by atoms with E-state index in [0.29, 0.717) is 6.04 Å². The average Bonchev–Trinajstić information content (AvgIpc) is 2.12. The minimum absolute atomic E-state index is 0.251. The topological polar surface area (TPSA) is 29.3 Å². The van der Waals surface area contributed by atoms with E-state index in [1.165, 1.54) is 6.42 Å². The Hall–Kier alpha value is -0.0800. The van der Waals surface area contributed by atoms with E-state index in [0.717, 1.165) is 18.9 Å². The Morgan fingerprint density at radius 3 is 2.00 bits per heavy atom. The summed E-state index contributed by atoms with van der Waals surface area (Å²) in [5, 5.41) is 0. The Balaban J connectivity index is 4.51. The second kappa shape index (κ2) is 6.61. The van der Waals surface area contributed by atoms with Gasteiger partial charge in [-0.25, -0.2) is 0 Å². The van der Waals surface area contributed by atoms with Gasteiger partial charge in [-0.2, -0.15) is 0 Å². The molecule has 0 aromatic rings. The van der Waals surface area contributed by atoms with Crippen LogP contribution in [0.3, 0.4) is 0 Å². The summed E-state index contributed by atoms with van der Waals surface area (Å²) >= 11 is 0. The summed E-state index contributed by atoms with van der Waals surface area (Å²) in [4.78, 5) is 2.45. The Labute approximate surface area is 103 Å². The zero-order valence-electron chi connectivity index (χ0n) is 12.4. The third kappa shape index (κ3) is 5.31. The van der Waals surface area contributed by atoms with E-state index in [1.807, 2.05) is 0 Å². The molecule has 98 valence electrons. The molecule has 0 bridgehead atoms. The summed E-state index contributed by atoms with van der Waals surface area (Å²) < 4.78 is 0. The molecule has 0 saturated heterocycles. The first-order valence-corrected chi connectivity index (χ1v) is 6.66. The van der Waals surface area contributed by atoms with Gasteiger partial charge in [0, 0.05) is 12.1 Å². The first-order chi connectivity index (χ1) is 7.20. The van der Waals surface area contributed by atoms with Gasteiger partial charge < -0.3 is 10.6 Å². The summed E-state index contributed by atoms with van der Waals surface area (Å²) in [6.07, 6.45) is 2.30. The number of likely N-dealkylation sites (N-methyl/N-ethyl adjacent to an activating group) is 1. The van der Waals surface area contributed by atoms with Crippen LogP contribution in [-0.4, -0.2) is 30.6 Å². The Morgan fingerprint density at radius 1 is 1.19 bits per heavy atom. The normalized spacial score (nSPS) is 16.9. The van der Waals surface area contributed by atoms with Crippen LogP contribution in [0.1, 0.15) is 54.4 Å². The van der Waals surface area contributed by atoms with Crippen LogP contribution < -0.4 is 5.73 Å². The van der Waals surface area contributed by atoms with E-state index in [1.54, 1.807) is 0 Å². The molecule has 2 atom stereocenters. The summed E-state index contributed by atoms with van der Waals surface area (Å²) in [5.41, 5.74) is 6.52. The van der Waals surface area contributed by atoms with Gasteiger partial charge >= 0.3 is 0 Å². The number of rotatable bonds is 6. The number of hydrogen-bond acceptors (Lipinski definition) is 2. The molecule has 0 fully saturated rings. The molecule has 0 rings (SSSR count). The van der Waals surface area contributed by atoms with Crippen LogP contribution in [0.2, 0.25) is 0 Å². The minimum Gasteiger partial charge on any atom is -0.326 e. The zero-order chi connectivity index (χ0) is 12.9. The first-order valence-electron chi connectivity index (χ1n) is 6.66. The van der Waals surface area contributed by atoms with E-state index in [4.69, 9.17) is 5.73 Å². The number of nitrogens with zero attached hydrogens (tertiary/aromatic N) is 1. The van der Waals surface area contributed by atoms with Crippen molar-refractivity contribution in [2.45, 2.75) is 66.5 Å². The molecule has 2 nitrogen and oxygen atoms in total. The van der Waals surface area contributed by atoms with E-state index in [9.17, 15) is 0 Å². The van der Waals surface area contributed by atoms with Crippen molar-refractivity contribution >= 4 is 0 Å². The summed E-state index contributed by atoms with van der Waals surface area (Å²) in [6, 6.07) is 0.744. The minimum atomic E-state index is 0.251. The highest BCUT2D eigenvalue weighted by molar-refractivity contribution is 4.89. The average molecular weight is 228 g/mol. The first kappa shape index (κ1) is 15.9. The van der Waals surface area contributed by atoms with Crippen LogP contribution in [0.4, 0.5) is 0 Å². The fourth-order valence-electron chi connectivity index (χ4n) is 2.45. The molecule has 0 aliphatic carbocycles. The summed E-state index contributed by atoms with van der Waals surface area (Å²) in [7, 11) is 2.22. The van der Waals surface area contributed by atoms with Gasteiger partial charge in [0.25, 0.3) is 0 Å². The molecular weight excluding hydrogens is 196 g/mol. The Morgan fingerprint density at radius 2 is 1.69 bits per heavy atom. The van der Waals surface area contributed by atoms with Gasteiger partial charge in [-0.1, -0.05) is 41.5 Å². The molecule has 2 unspecified atom stereocenters.